The van der Waals surface area contributed by atoms with Gasteiger partial charge in [0.1, 0.15) is 12.6 Å². The van der Waals surface area contributed by atoms with Crippen LogP contribution in [0.25, 0.3) is 0 Å². The summed E-state index contributed by atoms with van der Waals surface area (Å²) >= 11 is 1.77. The van der Waals surface area contributed by atoms with Crippen molar-refractivity contribution in [3.8, 4) is 0 Å². The fraction of sp³-hybridized carbons (Fsp3) is 0.897. The van der Waals surface area contributed by atoms with Crippen molar-refractivity contribution in [1.82, 2.24) is 0 Å². The van der Waals surface area contributed by atoms with Crippen LogP contribution in [-0.2, 0) is 20.8 Å². The van der Waals surface area contributed by atoms with Gasteiger partial charge in [-0.05, 0) is 25.7 Å². The lowest BCUT2D eigenvalue weighted by atomic mass is 10.0. The molecule has 2 unspecified atom stereocenters. The summed E-state index contributed by atoms with van der Waals surface area (Å²) in [7, 11) is 0. The molecule has 1 aromatic heterocycles. The van der Waals surface area contributed by atoms with Crippen molar-refractivity contribution < 1.29 is 18.8 Å². The first-order chi connectivity index (χ1) is 16.9. The molecule has 0 bridgehead atoms. The first kappa shape index (κ1) is 29.7. The van der Waals surface area contributed by atoms with E-state index in [-0.39, 0.29) is 12.4 Å². The van der Waals surface area contributed by atoms with Crippen molar-refractivity contribution in [2.24, 2.45) is 0 Å². The summed E-state index contributed by atoms with van der Waals surface area (Å²) in [5, 5.41) is 2.14. The van der Waals surface area contributed by atoms with Crippen molar-refractivity contribution >= 4 is 11.3 Å². The van der Waals surface area contributed by atoms with Gasteiger partial charge in [-0.2, -0.15) is 4.57 Å². The molecule has 4 nitrogen and oxygen atoms in total. The first-order valence-corrected chi connectivity index (χ1v) is 15.6. The van der Waals surface area contributed by atoms with Gasteiger partial charge in [0.25, 0.3) is 0 Å². The zero-order valence-corrected chi connectivity index (χ0v) is 23.0. The number of hydrogen-bond acceptors (Lipinski definition) is 4. The van der Waals surface area contributed by atoms with Crippen LogP contribution in [-0.4, -0.2) is 32.2 Å². The third kappa shape index (κ3) is 16.2. The van der Waals surface area contributed by atoms with Gasteiger partial charge in [0, 0.05) is 13.0 Å². The summed E-state index contributed by atoms with van der Waals surface area (Å²) in [6.45, 7) is 5.67. The molecule has 1 aromatic rings. The summed E-state index contributed by atoms with van der Waals surface area (Å²) in [5.41, 5.74) is 2.19. The largest absolute Gasteiger partial charge is 0.379 e. The van der Waals surface area contributed by atoms with Gasteiger partial charge in [-0.25, -0.2) is 0 Å². The highest BCUT2D eigenvalue weighted by Crippen LogP contribution is 2.19. The normalized spacial score (nSPS) is 18.1. The van der Waals surface area contributed by atoms with E-state index >= 15 is 0 Å². The summed E-state index contributed by atoms with van der Waals surface area (Å²) in [5.74, 6) is 0. The Morgan fingerprint density at radius 1 is 0.794 bits per heavy atom. The Morgan fingerprint density at radius 2 is 1.41 bits per heavy atom. The zero-order valence-electron chi connectivity index (χ0n) is 22.2. The highest BCUT2D eigenvalue weighted by molar-refractivity contribution is 7.07. The molecule has 0 N–H and O–H groups in total. The van der Waals surface area contributed by atoms with Gasteiger partial charge in [-0.3, -0.25) is 0 Å². The maximum absolute atomic E-state index is 6.01. The number of nitrogens with zero attached hydrogens (tertiary/aromatic N) is 1. The van der Waals surface area contributed by atoms with E-state index in [2.05, 4.69) is 28.6 Å². The van der Waals surface area contributed by atoms with Crippen LogP contribution in [0.4, 0.5) is 0 Å². The van der Waals surface area contributed by atoms with E-state index in [1.165, 1.54) is 109 Å². The minimum Gasteiger partial charge on any atom is -0.379 e. The van der Waals surface area contributed by atoms with Gasteiger partial charge < -0.3 is 14.2 Å². The predicted molar refractivity (Wildman–Crippen MR) is 143 cm³/mol. The van der Waals surface area contributed by atoms with E-state index in [9.17, 15) is 0 Å². The van der Waals surface area contributed by atoms with Crippen LogP contribution in [0.2, 0.25) is 0 Å². The van der Waals surface area contributed by atoms with Crippen LogP contribution in [0, 0.1) is 0 Å². The van der Waals surface area contributed by atoms with Crippen LogP contribution >= 0.6 is 11.3 Å². The van der Waals surface area contributed by atoms with Crippen LogP contribution in [0.5, 0.6) is 0 Å². The fourth-order valence-corrected chi connectivity index (χ4v) is 5.34. The highest BCUT2D eigenvalue weighted by Gasteiger charge is 2.25. The molecule has 34 heavy (non-hydrogen) atoms. The van der Waals surface area contributed by atoms with Crippen molar-refractivity contribution in [2.75, 3.05) is 19.8 Å². The molecule has 0 aromatic carbocycles. The van der Waals surface area contributed by atoms with Gasteiger partial charge in [0.2, 0.25) is 5.51 Å². The molecular weight excluding hydrogens is 442 g/mol. The highest BCUT2D eigenvalue weighted by atomic mass is 32.1. The van der Waals surface area contributed by atoms with Crippen LogP contribution in [0.1, 0.15) is 129 Å². The minimum absolute atomic E-state index is 0.00223. The number of ether oxygens (including phenoxy) is 3. The molecular formula is C29H54NO3S+. The average molecular weight is 497 g/mol. The Labute approximate surface area is 214 Å². The monoisotopic (exact) mass is 496 g/mol. The standard InChI is InChI=1S/C29H54NO3S/c1-2-3-4-5-6-7-8-9-10-11-12-14-17-20-29-32-26-28(33-29)25-31-23-19-16-13-15-18-21-30-22-24-34-27-30/h22,24,27-29H,2-21,23,25-26H2,1H3/q+1. The SMILES string of the molecule is CCCCCCCCCCCCCCCC1OCC(COCCCCCCC[n+]2ccsc2)O1. The smallest absolute Gasteiger partial charge is 0.224 e. The van der Waals surface area contributed by atoms with Gasteiger partial charge >= 0.3 is 0 Å². The van der Waals surface area contributed by atoms with Gasteiger partial charge in [0.15, 0.2) is 12.5 Å². The van der Waals surface area contributed by atoms with E-state index in [0.29, 0.717) is 13.2 Å². The number of unbranched alkanes of at least 4 members (excludes halogenated alkanes) is 16. The minimum atomic E-state index is 0.00223. The summed E-state index contributed by atoms with van der Waals surface area (Å²) < 4.78 is 20.0. The van der Waals surface area contributed by atoms with E-state index in [1.54, 1.807) is 11.3 Å². The summed E-state index contributed by atoms with van der Waals surface area (Å²) in [6, 6.07) is 0. The second kappa shape index (κ2) is 21.8. The number of thiazole rings is 1. The second-order valence-electron chi connectivity index (χ2n) is 10.2. The third-order valence-corrected chi connectivity index (χ3v) is 7.56. The maximum Gasteiger partial charge on any atom is 0.224 e. The Kier molecular flexibility index (Phi) is 19.0. The molecule has 1 saturated heterocycles. The summed E-state index contributed by atoms with van der Waals surface area (Å²) in [4.78, 5) is 0. The molecule has 0 radical (unpaired) electrons. The number of aryl methyl sites for hydroxylation is 1. The molecule has 5 heteroatoms. The Hall–Kier alpha value is -0.490. The van der Waals surface area contributed by atoms with Gasteiger partial charge in [-0.1, -0.05) is 108 Å². The van der Waals surface area contributed by atoms with Crippen LogP contribution in [0.3, 0.4) is 0 Å². The molecule has 1 fully saturated rings. The van der Waals surface area contributed by atoms with Crippen molar-refractivity contribution in [2.45, 2.75) is 148 Å². The number of rotatable bonds is 24. The molecule has 0 aliphatic carbocycles. The fourth-order valence-electron chi connectivity index (χ4n) is 4.71. The molecule has 0 saturated carbocycles. The molecule has 0 amide bonds. The molecule has 0 spiro atoms. The van der Waals surface area contributed by atoms with E-state index < -0.39 is 0 Å². The topological polar surface area (TPSA) is 31.6 Å². The Bertz CT molecular complexity index is 539. The Balaban J connectivity index is 1.26. The lowest BCUT2D eigenvalue weighted by molar-refractivity contribution is -0.692. The van der Waals surface area contributed by atoms with E-state index in [0.717, 1.165) is 26.0 Å². The second-order valence-corrected chi connectivity index (χ2v) is 10.9. The molecule has 2 atom stereocenters. The lowest BCUT2D eigenvalue weighted by Crippen LogP contribution is -2.29. The van der Waals surface area contributed by atoms with Crippen molar-refractivity contribution in [3.63, 3.8) is 0 Å². The molecule has 2 heterocycles. The van der Waals surface area contributed by atoms with Gasteiger partial charge in [-0.15, -0.1) is 0 Å². The maximum atomic E-state index is 6.01. The predicted octanol–water partition coefficient (Wildman–Crippen LogP) is 8.23. The number of hydrogen-bond donors (Lipinski definition) is 0. The molecule has 1 aliphatic heterocycles. The van der Waals surface area contributed by atoms with E-state index in [1.807, 2.05) is 0 Å². The quantitative estimate of drug-likeness (QED) is 0.107. The van der Waals surface area contributed by atoms with Crippen molar-refractivity contribution in [1.29, 1.82) is 0 Å². The van der Waals surface area contributed by atoms with Crippen LogP contribution < -0.4 is 4.57 Å². The first-order valence-electron chi connectivity index (χ1n) is 14.6. The Morgan fingerprint density at radius 3 is 2.06 bits per heavy atom. The van der Waals surface area contributed by atoms with Gasteiger partial charge in [0.05, 0.1) is 18.6 Å². The third-order valence-electron chi connectivity index (χ3n) is 6.89. The summed E-state index contributed by atoms with van der Waals surface area (Å²) in [6.07, 6.45) is 27.8. The molecule has 1 aliphatic rings. The zero-order chi connectivity index (χ0) is 23.9. The van der Waals surface area contributed by atoms with Crippen molar-refractivity contribution in [3.05, 3.63) is 17.1 Å². The molecule has 198 valence electrons. The van der Waals surface area contributed by atoms with E-state index in [4.69, 9.17) is 14.2 Å². The molecule has 2 rings (SSSR count). The number of aromatic nitrogens is 1. The lowest BCUT2D eigenvalue weighted by Gasteiger charge is -2.12. The van der Waals surface area contributed by atoms with Crippen LogP contribution in [0.15, 0.2) is 17.1 Å². The average Bonchev–Trinajstić information content (AvgIpc) is 3.53.